The molecule has 0 spiro atoms. The number of nitrogens with two attached hydrogens (primary N) is 1. The third-order valence-electron chi connectivity index (χ3n) is 3.14. The molecule has 0 radical (unpaired) electrons. The Labute approximate surface area is 104 Å². The average Bonchev–Trinajstić information content (AvgIpc) is 3.09. The number of hydrogen-bond donors (Lipinski definition) is 1. The second-order valence-corrected chi connectivity index (χ2v) is 5.52. The molecule has 3 nitrogen and oxygen atoms in total. The standard InChI is InChI=1S/C14H23N3/c1-10(2)9-17(13-5-6-13)14-7-4-12(8-16-14)11(3)15/h4,7-8,10-11,13H,5-6,9,15H2,1-3H3/t11-/m1/s1. The van der Waals surface area contributed by atoms with Gasteiger partial charge >= 0.3 is 0 Å². The number of nitrogens with zero attached hydrogens (tertiary/aromatic N) is 2. The highest BCUT2D eigenvalue weighted by Crippen LogP contribution is 2.31. The summed E-state index contributed by atoms with van der Waals surface area (Å²) in [6.07, 6.45) is 4.53. The van der Waals surface area contributed by atoms with Crippen molar-refractivity contribution in [3.8, 4) is 0 Å². The molecule has 0 amide bonds. The van der Waals surface area contributed by atoms with E-state index in [9.17, 15) is 0 Å². The van der Waals surface area contributed by atoms with Gasteiger partial charge in [0.05, 0.1) is 0 Å². The molecule has 17 heavy (non-hydrogen) atoms. The van der Waals surface area contributed by atoms with Crippen LogP contribution in [0.25, 0.3) is 0 Å². The van der Waals surface area contributed by atoms with Crippen molar-refractivity contribution in [3.05, 3.63) is 23.9 Å². The summed E-state index contributed by atoms with van der Waals surface area (Å²) in [6, 6.07) is 4.99. The monoisotopic (exact) mass is 233 g/mol. The third kappa shape index (κ3) is 3.19. The molecule has 1 atom stereocenters. The van der Waals surface area contributed by atoms with E-state index in [2.05, 4.69) is 35.9 Å². The zero-order chi connectivity index (χ0) is 12.4. The Morgan fingerprint density at radius 3 is 2.47 bits per heavy atom. The van der Waals surface area contributed by atoms with E-state index >= 15 is 0 Å². The summed E-state index contributed by atoms with van der Waals surface area (Å²) >= 11 is 0. The molecule has 1 saturated carbocycles. The topological polar surface area (TPSA) is 42.1 Å². The Morgan fingerprint density at radius 1 is 1.35 bits per heavy atom. The van der Waals surface area contributed by atoms with Gasteiger partial charge in [0, 0.05) is 24.8 Å². The molecular formula is C14H23N3. The van der Waals surface area contributed by atoms with Crippen LogP contribution in [0.15, 0.2) is 18.3 Å². The van der Waals surface area contributed by atoms with Crippen molar-refractivity contribution >= 4 is 5.82 Å². The average molecular weight is 233 g/mol. The van der Waals surface area contributed by atoms with E-state index in [1.165, 1.54) is 12.8 Å². The molecule has 0 aromatic carbocycles. The lowest BCUT2D eigenvalue weighted by Crippen LogP contribution is -2.30. The molecule has 1 aromatic rings. The van der Waals surface area contributed by atoms with Gasteiger partial charge in [-0.25, -0.2) is 4.98 Å². The molecule has 0 aliphatic heterocycles. The number of rotatable bonds is 5. The molecule has 0 unspecified atom stereocenters. The second kappa shape index (κ2) is 5.05. The van der Waals surface area contributed by atoms with Gasteiger partial charge in [0.15, 0.2) is 0 Å². The molecule has 1 aromatic heterocycles. The van der Waals surface area contributed by atoms with Crippen LogP contribution in [-0.2, 0) is 0 Å². The highest BCUT2D eigenvalue weighted by Gasteiger charge is 2.30. The lowest BCUT2D eigenvalue weighted by molar-refractivity contribution is 0.602. The minimum Gasteiger partial charge on any atom is -0.353 e. The van der Waals surface area contributed by atoms with E-state index in [4.69, 9.17) is 5.73 Å². The van der Waals surface area contributed by atoms with Gasteiger partial charge in [-0.15, -0.1) is 0 Å². The number of anilines is 1. The quantitative estimate of drug-likeness (QED) is 0.850. The summed E-state index contributed by atoms with van der Waals surface area (Å²) in [4.78, 5) is 7.00. The Morgan fingerprint density at radius 2 is 2.06 bits per heavy atom. The fourth-order valence-corrected chi connectivity index (χ4v) is 2.05. The SMILES string of the molecule is CC(C)CN(c1ccc([C@@H](C)N)cn1)C1CC1. The van der Waals surface area contributed by atoms with Crippen molar-refractivity contribution in [2.45, 2.75) is 45.7 Å². The minimum atomic E-state index is 0.0658. The first-order chi connectivity index (χ1) is 8.08. The van der Waals surface area contributed by atoms with Crippen LogP contribution in [0, 0.1) is 5.92 Å². The molecule has 1 fully saturated rings. The zero-order valence-corrected chi connectivity index (χ0v) is 11.1. The van der Waals surface area contributed by atoms with Crippen LogP contribution in [0.3, 0.4) is 0 Å². The van der Waals surface area contributed by atoms with Crippen LogP contribution in [0.4, 0.5) is 5.82 Å². The predicted octanol–water partition coefficient (Wildman–Crippen LogP) is 2.73. The zero-order valence-electron chi connectivity index (χ0n) is 11.1. The molecule has 1 heterocycles. The summed E-state index contributed by atoms with van der Waals surface area (Å²) < 4.78 is 0. The van der Waals surface area contributed by atoms with E-state index in [0.717, 1.165) is 17.9 Å². The van der Waals surface area contributed by atoms with Crippen LogP contribution >= 0.6 is 0 Å². The van der Waals surface area contributed by atoms with Gasteiger partial charge in [0.1, 0.15) is 5.82 Å². The smallest absolute Gasteiger partial charge is 0.128 e. The molecular weight excluding hydrogens is 210 g/mol. The Hall–Kier alpha value is -1.09. The largest absolute Gasteiger partial charge is 0.353 e. The normalized spacial score (nSPS) is 17.2. The van der Waals surface area contributed by atoms with E-state index in [1.807, 2.05) is 13.1 Å². The van der Waals surface area contributed by atoms with Gasteiger partial charge in [-0.3, -0.25) is 0 Å². The first kappa shape index (κ1) is 12.4. The number of aromatic nitrogens is 1. The summed E-state index contributed by atoms with van der Waals surface area (Å²) in [6.45, 7) is 7.59. The lowest BCUT2D eigenvalue weighted by atomic mass is 10.1. The van der Waals surface area contributed by atoms with Gasteiger partial charge in [-0.1, -0.05) is 19.9 Å². The molecule has 94 valence electrons. The Bertz CT molecular complexity index is 352. The summed E-state index contributed by atoms with van der Waals surface area (Å²) in [5, 5.41) is 0. The highest BCUT2D eigenvalue weighted by molar-refractivity contribution is 5.42. The van der Waals surface area contributed by atoms with Crippen molar-refractivity contribution in [2.24, 2.45) is 11.7 Å². The van der Waals surface area contributed by atoms with Crippen LogP contribution in [0.2, 0.25) is 0 Å². The van der Waals surface area contributed by atoms with Gasteiger partial charge in [-0.2, -0.15) is 0 Å². The second-order valence-electron chi connectivity index (χ2n) is 5.52. The predicted molar refractivity (Wildman–Crippen MR) is 72.0 cm³/mol. The third-order valence-corrected chi connectivity index (χ3v) is 3.14. The van der Waals surface area contributed by atoms with Crippen molar-refractivity contribution in [1.29, 1.82) is 0 Å². The maximum Gasteiger partial charge on any atom is 0.128 e. The molecule has 3 heteroatoms. The molecule has 1 aliphatic carbocycles. The van der Waals surface area contributed by atoms with Crippen LogP contribution in [0.5, 0.6) is 0 Å². The van der Waals surface area contributed by atoms with Crippen LogP contribution in [-0.4, -0.2) is 17.6 Å². The van der Waals surface area contributed by atoms with Gasteiger partial charge < -0.3 is 10.6 Å². The fraction of sp³-hybridized carbons (Fsp3) is 0.643. The van der Waals surface area contributed by atoms with Gasteiger partial charge in [0.2, 0.25) is 0 Å². The van der Waals surface area contributed by atoms with Crippen molar-refractivity contribution < 1.29 is 0 Å². The molecule has 0 saturated heterocycles. The molecule has 1 aliphatic rings. The number of hydrogen-bond acceptors (Lipinski definition) is 3. The van der Waals surface area contributed by atoms with Gasteiger partial charge in [-0.05, 0) is 37.3 Å². The summed E-state index contributed by atoms with van der Waals surface area (Å²) in [5.41, 5.74) is 6.94. The van der Waals surface area contributed by atoms with Crippen molar-refractivity contribution in [2.75, 3.05) is 11.4 Å². The van der Waals surface area contributed by atoms with E-state index in [1.54, 1.807) is 0 Å². The summed E-state index contributed by atoms with van der Waals surface area (Å²) in [5.74, 6) is 1.77. The first-order valence-corrected chi connectivity index (χ1v) is 6.56. The van der Waals surface area contributed by atoms with Crippen molar-refractivity contribution in [3.63, 3.8) is 0 Å². The molecule has 2 N–H and O–H groups in total. The lowest BCUT2D eigenvalue weighted by Gasteiger charge is -2.25. The first-order valence-electron chi connectivity index (χ1n) is 6.56. The number of pyridine rings is 1. The van der Waals surface area contributed by atoms with Crippen molar-refractivity contribution in [1.82, 2.24) is 4.98 Å². The fourth-order valence-electron chi connectivity index (χ4n) is 2.05. The van der Waals surface area contributed by atoms with E-state index < -0.39 is 0 Å². The van der Waals surface area contributed by atoms with Crippen LogP contribution < -0.4 is 10.6 Å². The summed E-state index contributed by atoms with van der Waals surface area (Å²) in [7, 11) is 0. The van der Waals surface area contributed by atoms with Crippen LogP contribution in [0.1, 0.15) is 45.2 Å². The molecule has 0 bridgehead atoms. The Kier molecular flexibility index (Phi) is 3.67. The van der Waals surface area contributed by atoms with E-state index in [0.29, 0.717) is 12.0 Å². The highest BCUT2D eigenvalue weighted by atomic mass is 15.2. The minimum absolute atomic E-state index is 0.0658. The van der Waals surface area contributed by atoms with E-state index in [-0.39, 0.29) is 6.04 Å². The maximum absolute atomic E-state index is 5.84. The molecule has 2 rings (SSSR count). The van der Waals surface area contributed by atoms with Gasteiger partial charge in [0.25, 0.3) is 0 Å². The Balaban J connectivity index is 2.12. The maximum atomic E-state index is 5.84.